The molecule has 0 radical (unpaired) electrons. The number of aryl methyl sites for hydroxylation is 1. The van der Waals surface area contributed by atoms with Gasteiger partial charge in [-0.3, -0.25) is 14.4 Å². The Hall–Kier alpha value is -2.68. The number of carbonyl (C=O) groups is 3. The van der Waals surface area contributed by atoms with Gasteiger partial charge in [0.15, 0.2) is 5.17 Å². The van der Waals surface area contributed by atoms with Crippen molar-refractivity contribution in [1.29, 1.82) is 0 Å². The van der Waals surface area contributed by atoms with E-state index in [1.807, 2.05) is 24.3 Å². The van der Waals surface area contributed by atoms with Crippen LogP contribution in [0.15, 0.2) is 34.5 Å². The number of nitrogens with zero attached hydrogens (tertiary/aromatic N) is 2. The zero-order valence-corrected chi connectivity index (χ0v) is 16.6. The first kappa shape index (κ1) is 21.6. The quantitative estimate of drug-likeness (QED) is 0.370. The monoisotopic (exact) mass is 405 g/mol. The summed E-state index contributed by atoms with van der Waals surface area (Å²) in [5.74, 6) is -1.58. The molecule has 1 atom stereocenters. The van der Waals surface area contributed by atoms with Gasteiger partial charge in [0.2, 0.25) is 5.91 Å². The molecule has 28 heavy (non-hydrogen) atoms. The van der Waals surface area contributed by atoms with Gasteiger partial charge in [0.05, 0.1) is 18.7 Å². The number of amides is 1. The van der Waals surface area contributed by atoms with Gasteiger partial charge < -0.3 is 15.2 Å². The van der Waals surface area contributed by atoms with Crippen LogP contribution < -0.4 is 5.32 Å². The van der Waals surface area contributed by atoms with Crippen molar-refractivity contribution in [2.24, 2.45) is 10.2 Å². The third-order valence-electron chi connectivity index (χ3n) is 3.95. The summed E-state index contributed by atoms with van der Waals surface area (Å²) in [6.07, 6.45) is 1.66. The predicted molar refractivity (Wildman–Crippen MR) is 107 cm³/mol. The van der Waals surface area contributed by atoms with Crippen molar-refractivity contribution in [2.75, 3.05) is 6.61 Å². The fourth-order valence-corrected chi connectivity index (χ4v) is 3.41. The summed E-state index contributed by atoms with van der Waals surface area (Å²) >= 11 is 1.07. The highest BCUT2D eigenvalue weighted by atomic mass is 32.2. The number of rotatable bonds is 9. The third-order valence-corrected chi connectivity index (χ3v) is 5.02. The number of carbonyl (C=O) groups excluding carboxylic acids is 2. The Balaban J connectivity index is 1.90. The summed E-state index contributed by atoms with van der Waals surface area (Å²) in [5, 5.41) is 19.1. The van der Waals surface area contributed by atoms with Crippen LogP contribution in [0.5, 0.6) is 0 Å². The topological polar surface area (TPSA) is 117 Å². The van der Waals surface area contributed by atoms with Crippen molar-refractivity contribution >= 4 is 40.5 Å². The maximum atomic E-state index is 11.7. The van der Waals surface area contributed by atoms with Gasteiger partial charge in [-0.1, -0.05) is 36.0 Å². The van der Waals surface area contributed by atoms with Gasteiger partial charge in [-0.05, 0) is 37.8 Å². The number of hydrogen-bond donors (Lipinski definition) is 2. The highest BCUT2D eigenvalue weighted by molar-refractivity contribution is 8.15. The first-order valence-corrected chi connectivity index (χ1v) is 9.83. The van der Waals surface area contributed by atoms with E-state index in [0.717, 1.165) is 35.7 Å². The fourth-order valence-electron chi connectivity index (χ4n) is 2.51. The van der Waals surface area contributed by atoms with Gasteiger partial charge in [0.25, 0.3) is 0 Å². The standard InChI is InChI=1S/C19H23N3O5S/c1-3-27-17(25)6-4-5-13-7-9-14(10-8-13)12(2)21-22-19-20-18(26)15(28-19)11-16(23)24/h7-10,15H,3-6,11H2,1-2H3,(H,23,24)(H,20,22,26)/b21-12-/t15-/m1/s1. The lowest BCUT2D eigenvalue weighted by molar-refractivity contribution is -0.143. The Bertz CT molecular complexity index is 789. The number of thioether (sulfide) groups is 1. The molecule has 0 unspecified atom stereocenters. The van der Waals surface area contributed by atoms with Gasteiger partial charge in [-0.15, -0.1) is 5.10 Å². The van der Waals surface area contributed by atoms with Crippen molar-refractivity contribution in [3.8, 4) is 0 Å². The van der Waals surface area contributed by atoms with E-state index in [1.54, 1.807) is 13.8 Å². The molecule has 1 heterocycles. The van der Waals surface area contributed by atoms with Gasteiger partial charge >= 0.3 is 11.9 Å². The molecule has 1 saturated heterocycles. The van der Waals surface area contributed by atoms with E-state index in [9.17, 15) is 14.4 Å². The van der Waals surface area contributed by atoms with Crippen LogP contribution in [-0.2, 0) is 25.5 Å². The second-order valence-electron chi connectivity index (χ2n) is 6.14. The predicted octanol–water partition coefficient (Wildman–Crippen LogP) is 2.36. The van der Waals surface area contributed by atoms with E-state index < -0.39 is 11.2 Å². The number of benzene rings is 1. The number of hydrogen-bond acceptors (Lipinski definition) is 7. The molecule has 0 saturated carbocycles. The molecule has 9 heteroatoms. The molecule has 2 rings (SSSR count). The van der Waals surface area contributed by atoms with Crippen LogP contribution >= 0.6 is 11.8 Å². The molecule has 1 amide bonds. The van der Waals surface area contributed by atoms with Crippen LogP contribution in [0.1, 0.15) is 44.2 Å². The van der Waals surface area contributed by atoms with Crippen LogP contribution in [0, 0.1) is 0 Å². The van der Waals surface area contributed by atoms with E-state index in [0.29, 0.717) is 23.9 Å². The minimum Gasteiger partial charge on any atom is -0.481 e. The molecular formula is C19H23N3O5S. The maximum absolute atomic E-state index is 11.7. The summed E-state index contributed by atoms with van der Waals surface area (Å²) in [6.45, 7) is 3.99. The first-order chi connectivity index (χ1) is 13.4. The highest BCUT2D eigenvalue weighted by Gasteiger charge is 2.32. The molecule has 1 fully saturated rings. The number of carboxylic acids is 1. The number of nitrogens with one attached hydrogen (secondary N) is 1. The summed E-state index contributed by atoms with van der Waals surface area (Å²) < 4.78 is 4.91. The third kappa shape index (κ3) is 6.80. The largest absolute Gasteiger partial charge is 0.481 e. The number of esters is 1. The lowest BCUT2D eigenvalue weighted by atomic mass is 10.0. The van der Waals surface area contributed by atoms with Gasteiger partial charge in [-0.2, -0.15) is 5.10 Å². The minimum absolute atomic E-state index is 0.177. The molecule has 0 spiro atoms. The highest BCUT2D eigenvalue weighted by Crippen LogP contribution is 2.22. The zero-order chi connectivity index (χ0) is 20.5. The van der Waals surface area contributed by atoms with Crippen molar-refractivity contribution in [1.82, 2.24) is 5.32 Å². The van der Waals surface area contributed by atoms with Crippen LogP contribution in [0.2, 0.25) is 0 Å². The van der Waals surface area contributed by atoms with Gasteiger partial charge in [0.1, 0.15) is 5.25 Å². The smallest absolute Gasteiger partial charge is 0.305 e. The Morgan fingerprint density at radius 3 is 2.64 bits per heavy atom. The van der Waals surface area contributed by atoms with Crippen molar-refractivity contribution < 1.29 is 24.2 Å². The molecule has 1 aromatic rings. The molecule has 0 bridgehead atoms. The Morgan fingerprint density at radius 1 is 1.29 bits per heavy atom. The second-order valence-corrected chi connectivity index (χ2v) is 7.33. The van der Waals surface area contributed by atoms with E-state index >= 15 is 0 Å². The van der Waals surface area contributed by atoms with Crippen LogP contribution in [0.25, 0.3) is 0 Å². The summed E-state index contributed by atoms with van der Waals surface area (Å²) in [6, 6.07) is 7.79. The van der Waals surface area contributed by atoms with Crippen molar-refractivity contribution in [3.05, 3.63) is 35.4 Å². The van der Waals surface area contributed by atoms with Crippen LogP contribution in [0.4, 0.5) is 0 Å². The number of amidine groups is 1. The van der Waals surface area contributed by atoms with Gasteiger partial charge in [-0.25, -0.2) is 0 Å². The number of aliphatic carboxylic acids is 1. The average Bonchev–Trinajstić information content (AvgIpc) is 2.99. The zero-order valence-electron chi connectivity index (χ0n) is 15.8. The number of ether oxygens (including phenoxy) is 1. The van der Waals surface area contributed by atoms with E-state index in [2.05, 4.69) is 15.5 Å². The summed E-state index contributed by atoms with van der Waals surface area (Å²) in [7, 11) is 0. The average molecular weight is 405 g/mol. The second kappa shape index (κ2) is 10.6. The SMILES string of the molecule is CCOC(=O)CCCc1ccc(/C(C)=N\N=C2/NC(=O)[C@@H](CC(=O)O)S2)cc1. The lowest BCUT2D eigenvalue weighted by Gasteiger charge is -2.04. The summed E-state index contributed by atoms with van der Waals surface area (Å²) in [5.41, 5.74) is 2.67. The summed E-state index contributed by atoms with van der Waals surface area (Å²) in [4.78, 5) is 33.8. The fraction of sp³-hybridized carbons (Fsp3) is 0.421. The van der Waals surface area contributed by atoms with Crippen molar-refractivity contribution in [2.45, 2.75) is 44.8 Å². The van der Waals surface area contributed by atoms with Gasteiger partial charge in [0, 0.05) is 6.42 Å². The minimum atomic E-state index is -1.03. The normalized spacial score (nSPS) is 18.2. The van der Waals surface area contributed by atoms with E-state index in [-0.39, 0.29) is 18.3 Å². The molecule has 0 aliphatic carbocycles. The van der Waals surface area contributed by atoms with Crippen molar-refractivity contribution in [3.63, 3.8) is 0 Å². The molecule has 1 aliphatic rings. The number of carboxylic acid groups (broad SMARTS) is 1. The molecule has 1 aromatic carbocycles. The Labute approximate surface area is 167 Å². The molecular weight excluding hydrogens is 382 g/mol. The molecule has 8 nitrogen and oxygen atoms in total. The molecule has 150 valence electrons. The van der Waals surface area contributed by atoms with Crippen LogP contribution in [-0.4, -0.2) is 45.7 Å². The molecule has 2 N–H and O–H groups in total. The molecule has 1 aliphatic heterocycles. The Kier molecular flexibility index (Phi) is 8.19. The Morgan fingerprint density at radius 2 is 2.00 bits per heavy atom. The van der Waals surface area contributed by atoms with Crippen LogP contribution in [0.3, 0.4) is 0 Å². The maximum Gasteiger partial charge on any atom is 0.305 e. The molecule has 0 aromatic heterocycles. The van der Waals surface area contributed by atoms with E-state index in [1.165, 1.54) is 0 Å². The lowest BCUT2D eigenvalue weighted by Crippen LogP contribution is -2.26. The first-order valence-electron chi connectivity index (χ1n) is 8.95. The van der Waals surface area contributed by atoms with E-state index in [4.69, 9.17) is 9.84 Å².